The van der Waals surface area contributed by atoms with Gasteiger partial charge in [-0.15, -0.1) is 24.8 Å². The summed E-state index contributed by atoms with van der Waals surface area (Å²) in [6.45, 7) is 2.33. The number of unbranched alkanes of at least 4 members (excludes halogenated alkanes) is 1. The number of hydrogen-bond donors (Lipinski definition) is 0. The van der Waals surface area contributed by atoms with E-state index in [2.05, 4.69) is 37.3 Å². The molecule has 0 unspecified atom stereocenters. The van der Waals surface area contributed by atoms with Crippen molar-refractivity contribution in [3.63, 3.8) is 0 Å². The Hall–Kier alpha value is 0.423. The quantitative estimate of drug-likeness (QED) is 0.449. The summed E-state index contributed by atoms with van der Waals surface area (Å²) in [5, 5.41) is 0. The Bertz CT molecular complexity index is 480. The molecule has 22 heavy (non-hydrogen) atoms. The Balaban J connectivity index is 0.00000121. The maximum atomic E-state index is 2.65. The minimum Gasteiger partial charge on any atom is -0.147 e. The molecule has 1 fully saturated rings. The zero-order chi connectivity index (χ0) is 13.8. The van der Waals surface area contributed by atoms with E-state index in [1.807, 2.05) is 3.28 Å². The van der Waals surface area contributed by atoms with E-state index in [1.165, 1.54) is 57.8 Å². The van der Waals surface area contributed by atoms with Gasteiger partial charge in [0.15, 0.2) is 0 Å². The van der Waals surface area contributed by atoms with Gasteiger partial charge in [-0.2, -0.15) is 0 Å². The molecule has 0 N–H and O–H groups in total. The Morgan fingerprint density at radius 1 is 1.09 bits per heavy atom. The molecule has 0 bridgehead atoms. The fourth-order valence-corrected chi connectivity index (χ4v) is 7.04. The van der Waals surface area contributed by atoms with Crippen molar-refractivity contribution in [3.8, 4) is 0 Å². The molecule has 0 nitrogen and oxygen atoms in total. The third-order valence-corrected chi connectivity index (χ3v) is 8.49. The van der Waals surface area contributed by atoms with E-state index in [-0.39, 0.29) is 24.8 Å². The molecule has 0 aromatic rings. The van der Waals surface area contributed by atoms with Crippen LogP contribution in [0.3, 0.4) is 0 Å². The maximum absolute atomic E-state index is 2.65. The van der Waals surface area contributed by atoms with Gasteiger partial charge in [-0.1, -0.05) is 0 Å². The number of allylic oxidation sites excluding steroid dienone is 8. The first kappa shape index (κ1) is 20.5. The van der Waals surface area contributed by atoms with Crippen LogP contribution in [0.2, 0.25) is 0 Å². The van der Waals surface area contributed by atoms with Crippen LogP contribution >= 0.6 is 24.8 Å². The molecule has 0 aliphatic heterocycles. The molecule has 3 aliphatic rings. The minimum absolute atomic E-state index is 0. The van der Waals surface area contributed by atoms with Gasteiger partial charge in [-0.3, -0.25) is 0 Å². The normalized spacial score (nSPS) is 21.6. The SMILES string of the molecule is CCCCC1(C2=CC[C]([Zr][C]3=CC=CC3)=C2)CCCC1.Cl.Cl. The van der Waals surface area contributed by atoms with Gasteiger partial charge in [0.1, 0.15) is 0 Å². The average Bonchev–Trinajstić information content (AvgIpc) is 3.18. The molecule has 0 amide bonds. The van der Waals surface area contributed by atoms with Gasteiger partial charge >= 0.3 is 136 Å². The molecular formula is C19H28Cl2Zr. The van der Waals surface area contributed by atoms with Crippen molar-refractivity contribution < 1.29 is 23.2 Å². The fraction of sp³-hybridized carbons (Fsp3) is 0.579. The van der Waals surface area contributed by atoms with Gasteiger partial charge in [0, 0.05) is 0 Å². The molecule has 0 aromatic heterocycles. The van der Waals surface area contributed by atoms with E-state index in [4.69, 9.17) is 0 Å². The van der Waals surface area contributed by atoms with Crippen LogP contribution in [0.1, 0.15) is 64.7 Å². The molecule has 3 heteroatoms. The number of hydrogen-bond acceptors (Lipinski definition) is 0. The van der Waals surface area contributed by atoms with Crippen LogP contribution in [-0.2, 0) is 23.2 Å². The van der Waals surface area contributed by atoms with Gasteiger partial charge in [-0.25, -0.2) is 0 Å². The summed E-state index contributed by atoms with van der Waals surface area (Å²) in [5.41, 5.74) is 2.32. The van der Waals surface area contributed by atoms with Crippen molar-refractivity contribution in [3.05, 3.63) is 42.5 Å². The van der Waals surface area contributed by atoms with Crippen LogP contribution in [0.4, 0.5) is 0 Å². The van der Waals surface area contributed by atoms with Crippen LogP contribution < -0.4 is 0 Å². The molecule has 0 atom stereocenters. The Labute approximate surface area is 160 Å². The first-order chi connectivity index (χ1) is 9.82. The summed E-state index contributed by atoms with van der Waals surface area (Å²) < 4.78 is 3.59. The summed E-state index contributed by atoms with van der Waals surface area (Å²) in [5.74, 6) is 0. The molecule has 0 spiro atoms. The van der Waals surface area contributed by atoms with Crippen molar-refractivity contribution in [2.24, 2.45) is 5.41 Å². The summed E-state index contributed by atoms with van der Waals surface area (Å²) in [6.07, 6.45) is 24.8. The summed E-state index contributed by atoms with van der Waals surface area (Å²) in [4.78, 5) is 0. The monoisotopic (exact) mass is 416 g/mol. The van der Waals surface area contributed by atoms with Crippen molar-refractivity contribution in [1.29, 1.82) is 0 Å². The molecule has 0 aromatic carbocycles. The van der Waals surface area contributed by atoms with Crippen LogP contribution in [0.15, 0.2) is 42.5 Å². The van der Waals surface area contributed by atoms with E-state index in [9.17, 15) is 0 Å². The van der Waals surface area contributed by atoms with Gasteiger partial charge < -0.3 is 0 Å². The zero-order valence-corrected chi connectivity index (χ0v) is 17.7. The maximum Gasteiger partial charge on any atom is -0.147 e. The third kappa shape index (κ3) is 4.72. The smallest absolute Gasteiger partial charge is 0.147 e. The third-order valence-electron chi connectivity index (χ3n) is 5.15. The van der Waals surface area contributed by atoms with E-state index >= 15 is 0 Å². The second-order valence-electron chi connectivity index (χ2n) is 6.57. The van der Waals surface area contributed by atoms with Crippen LogP contribution in [0.25, 0.3) is 0 Å². The number of halogens is 2. The molecule has 0 heterocycles. The van der Waals surface area contributed by atoms with Gasteiger partial charge in [0.2, 0.25) is 0 Å². The van der Waals surface area contributed by atoms with E-state index < -0.39 is 23.2 Å². The van der Waals surface area contributed by atoms with Crippen molar-refractivity contribution in [2.45, 2.75) is 64.7 Å². The second kappa shape index (κ2) is 9.65. The van der Waals surface area contributed by atoms with Gasteiger partial charge in [0.05, 0.1) is 0 Å². The second-order valence-corrected chi connectivity index (χ2v) is 10.3. The minimum atomic E-state index is -0.432. The molecule has 0 saturated heterocycles. The van der Waals surface area contributed by atoms with Gasteiger partial charge in [-0.05, 0) is 0 Å². The molecule has 1 saturated carbocycles. The summed E-state index contributed by atoms with van der Waals surface area (Å²) in [6, 6.07) is 0. The van der Waals surface area contributed by atoms with Crippen LogP contribution in [-0.4, -0.2) is 0 Å². The fourth-order valence-electron chi connectivity index (χ4n) is 3.98. The molecule has 3 rings (SSSR count). The van der Waals surface area contributed by atoms with Crippen molar-refractivity contribution in [1.82, 2.24) is 0 Å². The summed E-state index contributed by atoms with van der Waals surface area (Å²) >= 11 is -0.432. The molecular weight excluding hydrogens is 390 g/mol. The largest absolute Gasteiger partial charge is 0.147 e. The predicted molar refractivity (Wildman–Crippen MR) is 97.5 cm³/mol. The Morgan fingerprint density at radius 3 is 2.50 bits per heavy atom. The van der Waals surface area contributed by atoms with Crippen molar-refractivity contribution in [2.75, 3.05) is 0 Å². The average molecular weight is 419 g/mol. The predicted octanol–water partition coefficient (Wildman–Crippen LogP) is 6.72. The topological polar surface area (TPSA) is 0 Å². The summed E-state index contributed by atoms with van der Waals surface area (Å²) in [7, 11) is 0. The van der Waals surface area contributed by atoms with E-state index in [0.717, 1.165) is 0 Å². The van der Waals surface area contributed by atoms with Crippen molar-refractivity contribution >= 4 is 24.8 Å². The molecule has 122 valence electrons. The first-order valence-corrected chi connectivity index (χ1v) is 10.8. The standard InChI is InChI=1S/C14H21.C5H5.2ClH.Zr/c1-2-3-10-14(11-6-7-12-14)13-8-4-5-9-13;1-2-4-5-3-1;;;/h8-9H,2-4,6-7,10-12H2,1H3;1-3H,4H2;2*1H;. The molecule has 0 radical (unpaired) electrons. The Kier molecular flexibility index (Phi) is 8.98. The Morgan fingerprint density at radius 2 is 1.86 bits per heavy atom. The van der Waals surface area contributed by atoms with E-state index in [0.29, 0.717) is 5.41 Å². The first-order valence-electron chi connectivity index (χ1n) is 8.36. The van der Waals surface area contributed by atoms with Gasteiger partial charge in [0.25, 0.3) is 0 Å². The van der Waals surface area contributed by atoms with Crippen LogP contribution in [0.5, 0.6) is 0 Å². The van der Waals surface area contributed by atoms with E-state index in [1.54, 1.807) is 8.85 Å². The molecule has 3 aliphatic carbocycles. The zero-order valence-electron chi connectivity index (χ0n) is 13.6. The van der Waals surface area contributed by atoms with Crippen LogP contribution in [0, 0.1) is 5.41 Å². The number of rotatable bonds is 6.